The minimum Gasteiger partial charge on any atom is -0.354 e. The van der Waals surface area contributed by atoms with Gasteiger partial charge in [-0.05, 0) is 43.5 Å². The Morgan fingerprint density at radius 1 is 1.22 bits per heavy atom. The summed E-state index contributed by atoms with van der Waals surface area (Å²) in [5.74, 6) is 0.644. The van der Waals surface area contributed by atoms with Crippen LogP contribution in [0.3, 0.4) is 0 Å². The Balaban J connectivity index is 2.20. The molecule has 2 N–H and O–H groups in total. The predicted molar refractivity (Wildman–Crippen MR) is 94.2 cm³/mol. The Bertz CT molecular complexity index is 716. The van der Waals surface area contributed by atoms with E-state index < -0.39 is 0 Å². The van der Waals surface area contributed by atoms with Gasteiger partial charge in [0.1, 0.15) is 5.69 Å². The van der Waals surface area contributed by atoms with E-state index in [1.165, 1.54) is 0 Å². The summed E-state index contributed by atoms with van der Waals surface area (Å²) in [5.41, 5.74) is 2.67. The van der Waals surface area contributed by atoms with Gasteiger partial charge in [0, 0.05) is 22.9 Å². The number of halogens is 1. The molecule has 0 radical (unpaired) electrons. The van der Waals surface area contributed by atoms with Crippen molar-refractivity contribution < 1.29 is 4.79 Å². The van der Waals surface area contributed by atoms with Crippen LogP contribution in [0.5, 0.6) is 0 Å². The SMILES string of the molecule is Cc1cc(C(=O)Nc2cc(Cl)ccc2C)nc(NCC(C)C)n1. The van der Waals surface area contributed by atoms with Crippen LogP contribution >= 0.6 is 11.6 Å². The normalized spacial score (nSPS) is 10.7. The van der Waals surface area contributed by atoms with E-state index in [1.54, 1.807) is 18.2 Å². The van der Waals surface area contributed by atoms with Crippen LogP contribution in [0.25, 0.3) is 0 Å². The van der Waals surface area contributed by atoms with Gasteiger partial charge in [0.25, 0.3) is 5.91 Å². The van der Waals surface area contributed by atoms with Crippen molar-refractivity contribution in [1.29, 1.82) is 0 Å². The number of nitrogens with zero attached hydrogens (tertiary/aromatic N) is 2. The maximum Gasteiger partial charge on any atom is 0.274 e. The van der Waals surface area contributed by atoms with E-state index >= 15 is 0 Å². The highest BCUT2D eigenvalue weighted by atomic mass is 35.5. The van der Waals surface area contributed by atoms with Crippen LogP contribution in [-0.4, -0.2) is 22.4 Å². The van der Waals surface area contributed by atoms with Crippen molar-refractivity contribution in [2.24, 2.45) is 5.92 Å². The van der Waals surface area contributed by atoms with E-state index in [0.717, 1.165) is 17.8 Å². The zero-order valence-corrected chi connectivity index (χ0v) is 14.5. The number of amides is 1. The average molecular weight is 333 g/mol. The molecule has 1 aromatic carbocycles. The summed E-state index contributed by atoms with van der Waals surface area (Å²) in [7, 11) is 0. The molecule has 2 aromatic rings. The molecule has 0 aliphatic heterocycles. The van der Waals surface area contributed by atoms with Gasteiger partial charge in [-0.1, -0.05) is 31.5 Å². The summed E-state index contributed by atoms with van der Waals surface area (Å²) >= 11 is 5.98. The highest BCUT2D eigenvalue weighted by Gasteiger charge is 2.12. The fraction of sp³-hybridized carbons (Fsp3) is 0.353. The summed E-state index contributed by atoms with van der Waals surface area (Å²) in [6.07, 6.45) is 0. The average Bonchev–Trinajstić information content (AvgIpc) is 2.48. The van der Waals surface area contributed by atoms with Gasteiger partial charge >= 0.3 is 0 Å². The maximum atomic E-state index is 12.4. The van der Waals surface area contributed by atoms with E-state index in [4.69, 9.17) is 11.6 Å². The molecule has 0 aliphatic rings. The minimum atomic E-state index is -0.284. The van der Waals surface area contributed by atoms with Crippen molar-refractivity contribution in [2.75, 3.05) is 17.2 Å². The van der Waals surface area contributed by atoms with Crippen molar-refractivity contribution in [1.82, 2.24) is 9.97 Å². The molecule has 1 heterocycles. The van der Waals surface area contributed by atoms with Crippen LogP contribution in [0.15, 0.2) is 24.3 Å². The second-order valence-corrected chi connectivity index (χ2v) is 6.34. The van der Waals surface area contributed by atoms with Gasteiger partial charge < -0.3 is 10.6 Å². The first kappa shape index (κ1) is 17.2. The van der Waals surface area contributed by atoms with Gasteiger partial charge in [0.2, 0.25) is 5.95 Å². The number of carbonyl (C=O) groups is 1. The van der Waals surface area contributed by atoms with Crippen molar-refractivity contribution in [3.63, 3.8) is 0 Å². The summed E-state index contributed by atoms with van der Waals surface area (Å²) in [6.45, 7) is 8.69. The molecule has 1 amide bonds. The fourth-order valence-corrected chi connectivity index (χ4v) is 2.15. The lowest BCUT2D eigenvalue weighted by atomic mass is 10.2. The smallest absolute Gasteiger partial charge is 0.274 e. The summed E-state index contributed by atoms with van der Waals surface area (Å²) in [5, 5.41) is 6.56. The monoisotopic (exact) mass is 332 g/mol. The van der Waals surface area contributed by atoms with E-state index in [9.17, 15) is 4.79 Å². The number of hydrogen-bond acceptors (Lipinski definition) is 4. The van der Waals surface area contributed by atoms with Gasteiger partial charge in [0.15, 0.2) is 0 Å². The Morgan fingerprint density at radius 2 is 1.96 bits per heavy atom. The third-order valence-electron chi connectivity index (χ3n) is 3.20. The van der Waals surface area contributed by atoms with Gasteiger partial charge in [-0.2, -0.15) is 0 Å². The van der Waals surface area contributed by atoms with Crippen molar-refractivity contribution in [3.05, 3.63) is 46.2 Å². The lowest BCUT2D eigenvalue weighted by Crippen LogP contribution is -2.18. The molecule has 0 bridgehead atoms. The fourth-order valence-electron chi connectivity index (χ4n) is 1.97. The molecule has 2 rings (SSSR count). The molecular weight excluding hydrogens is 312 g/mol. The molecule has 1 aromatic heterocycles. The number of nitrogens with one attached hydrogen (secondary N) is 2. The van der Waals surface area contributed by atoms with Gasteiger partial charge in [-0.25, -0.2) is 9.97 Å². The van der Waals surface area contributed by atoms with E-state index in [2.05, 4.69) is 34.4 Å². The van der Waals surface area contributed by atoms with E-state index in [1.807, 2.05) is 19.9 Å². The van der Waals surface area contributed by atoms with Gasteiger partial charge in [-0.3, -0.25) is 4.79 Å². The summed E-state index contributed by atoms with van der Waals surface area (Å²) < 4.78 is 0. The topological polar surface area (TPSA) is 66.9 Å². The maximum absolute atomic E-state index is 12.4. The molecule has 0 saturated heterocycles. The Kier molecular flexibility index (Phi) is 5.55. The van der Waals surface area contributed by atoms with Gasteiger partial charge in [-0.15, -0.1) is 0 Å². The Hall–Kier alpha value is -2.14. The van der Waals surface area contributed by atoms with Crippen molar-refractivity contribution >= 4 is 29.1 Å². The van der Waals surface area contributed by atoms with Crippen LogP contribution in [0.1, 0.15) is 35.6 Å². The number of aromatic nitrogens is 2. The molecule has 0 unspecified atom stereocenters. The molecule has 0 saturated carbocycles. The molecule has 0 aliphatic carbocycles. The first-order valence-electron chi connectivity index (χ1n) is 7.52. The quantitative estimate of drug-likeness (QED) is 0.866. The van der Waals surface area contributed by atoms with E-state index in [0.29, 0.717) is 28.3 Å². The molecule has 0 fully saturated rings. The summed E-state index contributed by atoms with van der Waals surface area (Å²) in [6, 6.07) is 7.03. The number of benzene rings is 1. The van der Waals surface area contributed by atoms with Crippen LogP contribution in [0, 0.1) is 19.8 Å². The molecule has 5 nitrogen and oxygen atoms in total. The van der Waals surface area contributed by atoms with E-state index in [-0.39, 0.29) is 5.91 Å². The van der Waals surface area contributed by atoms with Crippen LogP contribution in [0.2, 0.25) is 5.02 Å². The highest BCUT2D eigenvalue weighted by molar-refractivity contribution is 6.31. The van der Waals surface area contributed by atoms with Crippen LogP contribution in [-0.2, 0) is 0 Å². The Labute approximate surface area is 141 Å². The second kappa shape index (κ2) is 7.42. The number of carbonyl (C=O) groups excluding carboxylic acids is 1. The molecular formula is C17H21ClN4O. The van der Waals surface area contributed by atoms with Crippen molar-refractivity contribution in [2.45, 2.75) is 27.7 Å². The molecule has 6 heteroatoms. The number of hydrogen-bond donors (Lipinski definition) is 2. The van der Waals surface area contributed by atoms with Crippen LogP contribution in [0.4, 0.5) is 11.6 Å². The lowest BCUT2D eigenvalue weighted by Gasteiger charge is -2.11. The number of rotatable bonds is 5. The largest absolute Gasteiger partial charge is 0.354 e. The van der Waals surface area contributed by atoms with Gasteiger partial charge in [0.05, 0.1) is 0 Å². The van der Waals surface area contributed by atoms with Crippen LogP contribution < -0.4 is 10.6 Å². The zero-order valence-electron chi connectivity index (χ0n) is 13.8. The lowest BCUT2D eigenvalue weighted by molar-refractivity contribution is 0.102. The summed E-state index contributed by atoms with van der Waals surface area (Å²) in [4.78, 5) is 21.0. The molecule has 122 valence electrons. The first-order chi connectivity index (χ1) is 10.8. The number of anilines is 2. The second-order valence-electron chi connectivity index (χ2n) is 5.91. The molecule has 0 atom stereocenters. The highest BCUT2D eigenvalue weighted by Crippen LogP contribution is 2.21. The zero-order chi connectivity index (χ0) is 17.0. The molecule has 23 heavy (non-hydrogen) atoms. The number of aryl methyl sites for hydroxylation is 2. The third-order valence-corrected chi connectivity index (χ3v) is 3.44. The van der Waals surface area contributed by atoms with Crippen molar-refractivity contribution in [3.8, 4) is 0 Å². The standard InChI is InChI=1S/C17H21ClN4O/c1-10(2)9-19-17-20-12(4)7-15(22-17)16(23)21-14-8-13(18)6-5-11(14)3/h5-8,10H,9H2,1-4H3,(H,21,23)(H,19,20,22). The first-order valence-corrected chi connectivity index (χ1v) is 7.90. The molecule has 0 spiro atoms. The predicted octanol–water partition coefficient (Wildman–Crippen LogP) is 4.07. The minimum absolute atomic E-state index is 0.284. The Morgan fingerprint density at radius 3 is 2.65 bits per heavy atom. The third kappa shape index (κ3) is 4.93.